The van der Waals surface area contributed by atoms with E-state index in [1.807, 2.05) is 0 Å². The maximum Gasteiger partial charge on any atom is 0.0512 e. The van der Waals surface area contributed by atoms with Crippen molar-refractivity contribution in [1.29, 1.82) is 0 Å². The van der Waals surface area contributed by atoms with Crippen LogP contribution in [-0.2, 0) is 7.05 Å². The van der Waals surface area contributed by atoms with Gasteiger partial charge in [0.05, 0.1) is 5.52 Å². The van der Waals surface area contributed by atoms with E-state index in [-0.39, 0.29) is 0 Å². The quantitative estimate of drug-likeness (QED) is 0.793. The van der Waals surface area contributed by atoms with E-state index in [1.165, 1.54) is 40.6 Å². The highest BCUT2D eigenvalue weighted by atomic mass is 15.0. The molecule has 0 amide bonds. The summed E-state index contributed by atoms with van der Waals surface area (Å²) in [5.74, 6) is 0. The van der Waals surface area contributed by atoms with E-state index in [9.17, 15) is 0 Å². The zero-order valence-corrected chi connectivity index (χ0v) is 10.9. The van der Waals surface area contributed by atoms with Gasteiger partial charge in [0, 0.05) is 24.2 Å². The minimum Gasteiger partial charge on any atom is -0.346 e. The molecular formula is C15H20N2. The standard InChI is InChI=1S/C15H20N2/c1-10-6-7-12-9-14(13-5-4-8-16-13)17(3)15(12)11(10)2/h6-7,9,13,16H,4-5,8H2,1-3H3. The Morgan fingerprint density at radius 1 is 1.29 bits per heavy atom. The van der Waals surface area contributed by atoms with E-state index in [0.717, 1.165) is 6.54 Å². The van der Waals surface area contributed by atoms with E-state index in [0.29, 0.717) is 6.04 Å². The molecule has 1 fully saturated rings. The van der Waals surface area contributed by atoms with Crippen molar-refractivity contribution in [3.63, 3.8) is 0 Å². The van der Waals surface area contributed by atoms with Crippen LogP contribution in [0.1, 0.15) is 35.7 Å². The predicted molar refractivity (Wildman–Crippen MR) is 72.4 cm³/mol. The van der Waals surface area contributed by atoms with Crippen molar-refractivity contribution < 1.29 is 0 Å². The van der Waals surface area contributed by atoms with Crippen molar-refractivity contribution in [1.82, 2.24) is 9.88 Å². The fourth-order valence-corrected chi connectivity index (χ4v) is 3.04. The van der Waals surface area contributed by atoms with Crippen molar-refractivity contribution in [2.75, 3.05) is 6.54 Å². The van der Waals surface area contributed by atoms with Crippen molar-refractivity contribution in [2.24, 2.45) is 7.05 Å². The fourth-order valence-electron chi connectivity index (χ4n) is 3.04. The van der Waals surface area contributed by atoms with Crippen LogP contribution in [0.5, 0.6) is 0 Å². The highest BCUT2D eigenvalue weighted by Crippen LogP contribution is 2.30. The minimum atomic E-state index is 0.548. The lowest BCUT2D eigenvalue weighted by atomic mass is 10.1. The molecule has 0 radical (unpaired) electrons. The Kier molecular flexibility index (Phi) is 2.48. The number of hydrogen-bond donors (Lipinski definition) is 1. The second-order valence-electron chi connectivity index (χ2n) is 5.22. The summed E-state index contributed by atoms with van der Waals surface area (Å²) in [4.78, 5) is 0. The first kappa shape index (κ1) is 10.8. The molecule has 1 aliphatic rings. The maximum atomic E-state index is 3.59. The van der Waals surface area contributed by atoms with Gasteiger partial charge in [-0.05, 0) is 50.4 Å². The highest BCUT2D eigenvalue weighted by Gasteiger charge is 2.20. The summed E-state index contributed by atoms with van der Waals surface area (Å²) in [7, 11) is 2.20. The Morgan fingerprint density at radius 3 is 2.82 bits per heavy atom. The topological polar surface area (TPSA) is 17.0 Å². The molecule has 0 aliphatic carbocycles. The van der Waals surface area contributed by atoms with Crippen molar-refractivity contribution in [2.45, 2.75) is 32.7 Å². The number of aromatic nitrogens is 1. The lowest BCUT2D eigenvalue weighted by Crippen LogP contribution is -2.15. The molecule has 1 saturated heterocycles. The van der Waals surface area contributed by atoms with Crippen LogP contribution in [0, 0.1) is 13.8 Å². The van der Waals surface area contributed by atoms with E-state index >= 15 is 0 Å². The second kappa shape index (κ2) is 3.88. The molecule has 2 aromatic rings. The van der Waals surface area contributed by atoms with Gasteiger partial charge in [-0.3, -0.25) is 0 Å². The molecular weight excluding hydrogens is 208 g/mol. The Morgan fingerprint density at radius 2 is 2.12 bits per heavy atom. The summed E-state index contributed by atoms with van der Waals surface area (Å²) in [6.45, 7) is 5.57. The van der Waals surface area contributed by atoms with Crippen LogP contribution >= 0.6 is 0 Å². The first-order valence-electron chi connectivity index (χ1n) is 6.47. The van der Waals surface area contributed by atoms with Crippen molar-refractivity contribution in [3.05, 3.63) is 35.0 Å². The van der Waals surface area contributed by atoms with Crippen molar-refractivity contribution in [3.8, 4) is 0 Å². The Labute approximate surface area is 103 Å². The maximum absolute atomic E-state index is 3.59. The molecule has 1 aliphatic heterocycles. The molecule has 2 nitrogen and oxygen atoms in total. The summed E-state index contributed by atoms with van der Waals surface area (Å²) in [5, 5.41) is 4.96. The summed E-state index contributed by atoms with van der Waals surface area (Å²) >= 11 is 0. The third-order valence-electron chi connectivity index (χ3n) is 4.18. The number of nitrogens with zero attached hydrogens (tertiary/aromatic N) is 1. The van der Waals surface area contributed by atoms with Gasteiger partial charge in [-0.1, -0.05) is 12.1 Å². The number of hydrogen-bond acceptors (Lipinski definition) is 1. The number of fused-ring (bicyclic) bond motifs is 1. The van der Waals surface area contributed by atoms with Gasteiger partial charge in [0.25, 0.3) is 0 Å². The van der Waals surface area contributed by atoms with Gasteiger partial charge in [-0.25, -0.2) is 0 Å². The number of nitrogens with one attached hydrogen (secondary N) is 1. The molecule has 17 heavy (non-hydrogen) atoms. The van der Waals surface area contributed by atoms with Gasteiger partial charge >= 0.3 is 0 Å². The largest absolute Gasteiger partial charge is 0.346 e. The van der Waals surface area contributed by atoms with Gasteiger partial charge in [-0.15, -0.1) is 0 Å². The lowest BCUT2D eigenvalue weighted by molar-refractivity contribution is 0.604. The number of aryl methyl sites for hydroxylation is 3. The zero-order valence-electron chi connectivity index (χ0n) is 10.9. The summed E-state index contributed by atoms with van der Waals surface area (Å²) in [6, 6.07) is 7.37. The smallest absolute Gasteiger partial charge is 0.0512 e. The Hall–Kier alpha value is -1.28. The molecule has 3 rings (SSSR count). The normalized spacial score (nSPS) is 20.3. The molecule has 1 aromatic carbocycles. The van der Waals surface area contributed by atoms with Crippen LogP contribution in [0.15, 0.2) is 18.2 Å². The Balaban J connectivity index is 2.21. The first-order valence-corrected chi connectivity index (χ1v) is 6.47. The molecule has 1 N–H and O–H groups in total. The summed E-state index contributed by atoms with van der Waals surface area (Å²) in [6.07, 6.45) is 2.56. The van der Waals surface area contributed by atoms with Crippen LogP contribution < -0.4 is 5.32 Å². The molecule has 1 aromatic heterocycles. The average molecular weight is 228 g/mol. The molecule has 2 heteroatoms. The molecule has 1 unspecified atom stereocenters. The van der Waals surface area contributed by atoms with Crippen LogP contribution in [0.4, 0.5) is 0 Å². The number of benzene rings is 1. The van der Waals surface area contributed by atoms with Crippen molar-refractivity contribution >= 4 is 10.9 Å². The highest BCUT2D eigenvalue weighted by molar-refractivity contribution is 5.85. The van der Waals surface area contributed by atoms with Crippen LogP contribution in [0.2, 0.25) is 0 Å². The van der Waals surface area contributed by atoms with Gasteiger partial charge in [0.2, 0.25) is 0 Å². The van der Waals surface area contributed by atoms with Gasteiger partial charge in [0.15, 0.2) is 0 Å². The Bertz CT molecular complexity index is 560. The summed E-state index contributed by atoms with van der Waals surface area (Å²) in [5.41, 5.74) is 5.62. The zero-order chi connectivity index (χ0) is 12.0. The molecule has 90 valence electrons. The molecule has 0 bridgehead atoms. The number of rotatable bonds is 1. The predicted octanol–water partition coefficient (Wildman–Crippen LogP) is 3.22. The van der Waals surface area contributed by atoms with Gasteiger partial charge < -0.3 is 9.88 Å². The van der Waals surface area contributed by atoms with Crippen LogP contribution in [0.3, 0.4) is 0 Å². The summed E-state index contributed by atoms with van der Waals surface area (Å²) < 4.78 is 2.38. The minimum absolute atomic E-state index is 0.548. The molecule has 0 saturated carbocycles. The van der Waals surface area contributed by atoms with E-state index in [1.54, 1.807) is 0 Å². The fraction of sp³-hybridized carbons (Fsp3) is 0.467. The van der Waals surface area contributed by atoms with E-state index in [2.05, 4.69) is 49.0 Å². The van der Waals surface area contributed by atoms with Gasteiger partial charge in [-0.2, -0.15) is 0 Å². The van der Waals surface area contributed by atoms with Crippen LogP contribution in [0.25, 0.3) is 10.9 Å². The molecule has 1 atom stereocenters. The monoisotopic (exact) mass is 228 g/mol. The van der Waals surface area contributed by atoms with E-state index in [4.69, 9.17) is 0 Å². The third-order valence-corrected chi connectivity index (χ3v) is 4.18. The van der Waals surface area contributed by atoms with Gasteiger partial charge in [0.1, 0.15) is 0 Å². The van der Waals surface area contributed by atoms with E-state index < -0.39 is 0 Å². The SMILES string of the molecule is Cc1ccc2cc(C3CCCN3)n(C)c2c1C. The first-order chi connectivity index (χ1) is 8.18. The average Bonchev–Trinajstić information content (AvgIpc) is 2.91. The molecule has 0 spiro atoms. The van der Waals surface area contributed by atoms with Crippen LogP contribution in [-0.4, -0.2) is 11.1 Å². The molecule has 2 heterocycles. The second-order valence-corrected chi connectivity index (χ2v) is 5.22. The lowest BCUT2D eigenvalue weighted by Gasteiger charge is -2.12. The third kappa shape index (κ3) is 1.59.